The van der Waals surface area contributed by atoms with Crippen LogP contribution in [0.5, 0.6) is 0 Å². The van der Waals surface area contributed by atoms with Gasteiger partial charge in [-0.3, -0.25) is 14.5 Å². The normalized spacial score (nSPS) is 10.1. The van der Waals surface area contributed by atoms with Gasteiger partial charge in [0.25, 0.3) is 0 Å². The predicted molar refractivity (Wildman–Crippen MR) is 62.7 cm³/mol. The summed E-state index contributed by atoms with van der Waals surface area (Å²) in [5.74, 6) is -0.114. The van der Waals surface area contributed by atoms with Crippen LogP contribution in [0.15, 0.2) is 36.9 Å². The maximum absolute atomic E-state index is 11.6. The molecule has 0 aliphatic rings. The number of rotatable bonds is 4. The molecule has 0 aliphatic heterocycles. The van der Waals surface area contributed by atoms with Gasteiger partial charge in [-0.15, -0.1) is 0 Å². The van der Waals surface area contributed by atoms with E-state index in [2.05, 4.69) is 15.4 Å². The summed E-state index contributed by atoms with van der Waals surface area (Å²) in [4.78, 5) is 15.5. The molecule has 6 heteroatoms. The smallest absolute Gasteiger partial charge is 0.241 e. The fourth-order valence-corrected chi connectivity index (χ4v) is 1.37. The van der Waals surface area contributed by atoms with Crippen molar-refractivity contribution in [2.24, 2.45) is 0 Å². The second-order valence-electron chi connectivity index (χ2n) is 3.61. The van der Waals surface area contributed by atoms with Gasteiger partial charge in [0.2, 0.25) is 5.91 Å². The van der Waals surface area contributed by atoms with E-state index in [1.807, 2.05) is 12.1 Å². The highest BCUT2D eigenvalue weighted by molar-refractivity contribution is 5.75. The molecule has 0 bridgehead atoms. The van der Waals surface area contributed by atoms with Crippen LogP contribution >= 0.6 is 0 Å². The van der Waals surface area contributed by atoms with Crippen LogP contribution in [0.25, 0.3) is 0 Å². The molecule has 0 radical (unpaired) electrons. The van der Waals surface area contributed by atoms with Crippen molar-refractivity contribution in [3.05, 3.63) is 42.5 Å². The number of nitrogen functional groups attached to an aromatic ring is 1. The Morgan fingerprint density at radius 3 is 3.00 bits per heavy atom. The van der Waals surface area contributed by atoms with Crippen molar-refractivity contribution in [3.63, 3.8) is 0 Å². The highest BCUT2D eigenvalue weighted by Crippen LogP contribution is 1.98. The molecule has 3 N–H and O–H groups in total. The summed E-state index contributed by atoms with van der Waals surface area (Å²) < 4.78 is 1.49. The molecule has 0 unspecified atom stereocenters. The third kappa shape index (κ3) is 3.30. The van der Waals surface area contributed by atoms with Gasteiger partial charge in [-0.05, 0) is 11.6 Å². The molecule has 2 heterocycles. The minimum atomic E-state index is -0.114. The molecule has 88 valence electrons. The Balaban J connectivity index is 1.82. The first kappa shape index (κ1) is 11.1. The van der Waals surface area contributed by atoms with Crippen LogP contribution in [0.3, 0.4) is 0 Å². The van der Waals surface area contributed by atoms with Gasteiger partial charge in [-0.25, -0.2) is 0 Å². The van der Waals surface area contributed by atoms with E-state index in [1.54, 1.807) is 18.6 Å². The Labute approximate surface area is 98.5 Å². The number of aromatic nitrogens is 3. The number of nitrogens with zero attached hydrogens (tertiary/aromatic N) is 3. The van der Waals surface area contributed by atoms with Crippen LogP contribution < -0.4 is 11.1 Å². The van der Waals surface area contributed by atoms with Crippen molar-refractivity contribution in [1.82, 2.24) is 20.1 Å². The predicted octanol–water partition coefficient (Wildman–Crippen LogP) is 0.177. The van der Waals surface area contributed by atoms with E-state index in [9.17, 15) is 4.79 Å². The van der Waals surface area contributed by atoms with Crippen molar-refractivity contribution in [1.29, 1.82) is 0 Å². The molecule has 0 saturated heterocycles. The van der Waals surface area contributed by atoms with Crippen LogP contribution in [0.4, 0.5) is 5.69 Å². The summed E-state index contributed by atoms with van der Waals surface area (Å²) in [6, 6.07) is 3.73. The second-order valence-corrected chi connectivity index (χ2v) is 3.61. The molecule has 0 aromatic carbocycles. The molecule has 0 spiro atoms. The lowest BCUT2D eigenvalue weighted by Gasteiger charge is -2.04. The van der Waals surface area contributed by atoms with Crippen molar-refractivity contribution < 1.29 is 4.79 Å². The molecule has 0 fully saturated rings. The Morgan fingerprint density at radius 2 is 2.35 bits per heavy atom. The maximum Gasteiger partial charge on any atom is 0.241 e. The molecule has 0 aliphatic carbocycles. The van der Waals surface area contributed by atoms with Gasteiger partial charge in [0.1, 0.15) is 6.54 Å². The second kappa shape index (κ2) is 5.11. The standard InChI is InChI=1S/C11H13N5O/c12-10-6-15-16(7-10)8-11(17)14-5-9-2-1-3-13-4-9/h1-4,6-7H,5,8,12H2,(H,14,17). The number of nitrogens with one attached hydrogen (secondary N) is 1. The van der Waals surface area contributed by atoms with Crippen LogP contribution in [-0.4, -0.2) is 20.7 Å². The first-order valence-electron chi connectivity index (χ1n) is 5.17. The Morgan fingerprint density at radius 1 is 1.47 bits per heavy atom. The summed E-state index contributed by atoms with van der Waals surface area (Å²) in [7, 11) is 0. The third-order valence-electron chi connectivity index (χ3n) is 2.17. The first-order valence-corrected chi connectivity index (χ1v) is 5.17. The number of anilines is 1. The zero-order chi connectivity index (χ0) is 12.1. The molecule has 0 atom stereocenters. The molecule has 17 heavy (non-hydrogen) atoms. The van der Waals surface area contributed by atoms with Gasteiger partial charge < -0.3 is 11.1 Å². The van der Waals surface area contributed by atoms with Crippen molar-refractivity contribution in [3.8, 4) is 0 Å². The molecule has 6 nitrogen and oxygen atoms in total. The Bertz CT molecular complexity index is 494. The van der Waals surface area contributed by atoms with Gasteiger partial charge in [-0.1, -0.05) is 6.07 Å². The summed E-state index contributed by atoms with van der Waals surface area (Å²) in [5.41, 5.74) is 7.00. The zero-order valence-electron chi connectivity index (χ0n) is 9.21. The van der Waals surface area contributed by atoms with Crippen LogP contribution in [-0.2, 0) is 17.9 Å². The molecular weight excluding hydrogens is 218 g/mol. The van der Waals surface area contributed by atoms with E-state index in [0.717, 1.165) is 5.56 Å². The topological polar surface area (TPSA) is 85.8 Å². The zero-order valence-corrected chi connectivity index (χ0v) is 9.21. The van der Waals surface area contributed by atoms with Crippen molar-refractivity contribution in [2.75, 3.05) is 5.73 Å². The lowest BCUT2D eigenvalue weighted by Crippen LogP contribution is -2.27. The highest BCUT2D eigenvalue weighted by atomic mass is 16.2. The van der Waals surface area contributed by atoms with Crippen molar-refractivity contribution >= 4 is 11.6 Å². The minimum Gasteiger partial charge on any atom is -0.396 e. The lowest BCUT2D eigenvalue weighted by atomic mass is 10.3. The lowest BCUT2D eigenvalue weighted by molar-refractivity contribution is -0.122. The number of amides is 1. The Kier molecular flexibility index (Phi) is 3.34. The number of nitrogens with two attached hydrogens (primary N) is 1. The van der Waals surface area contributed by atoms with Gasteiger partial charge in [0, 0.05) is 25.1 Å². The van der Waals surface area contributed by atoms with Crippen LogP contribution in [0, 0.1) is 0 Å². The average molecular weight is 231 g/mol. The maximum atomic E-state index is 11.6. The first-order chi connectivity index (χ1) is 8.24. The van der Waals surface area contributed by atoms with E-state index in [0.29, 0.717) is 12.2 Å². The molecule has 2 rings (SSSR count). The molecular formula is C11H13N5O. The van der Waals surface area contributed by atoms with E-state index >= 15 is 0 Å². The monoisotopic (exact) mass is 231 g/mol. The highest BCUT2D eigenvalue weighted by Gasteiger charge is 2.03. The summed E-state index contributed by atoms with van der Waals surface area (Å²) in [6.07, 6.45) is 6.53. The molecule has 1 amide bonds. The van der Waals surface area contributed by atoms with Gasteiger partial charge in [0.05, 0.1) is 11.9 Å². The number of hydrogen-bond acceptors (Lipinski definition) is 4. The Hall–Kier alpha value is -2.37. The quantitative estimate of drug-likeness (QED) is 0.785. The summed E-state index contributed by atoms with van der Waals surface area (Å²) in [5, 5.41) is 6.71. The average Bonchev–Trinajstić information content (AvgIpc) is 2.73. The minimum absolute atomic E-state index is 0.114. The molecule has 0 saturated carbocycles. The van der Waals surface area contributed by atoms with Gasteiger partial charge in [0.15, 0.2) is 0 Å². The number of pyridine rings is 1. The third-order valence-corrected chi connectivity index (χ3v) is 2.17. The molecule has 2 aromatic heterocycles. The van der Waals surface area contributed by atoms with Gasteiger partial charge in [-0.2, -0.15) is 5.10 Å². The van der Waals surface area contributed by atoms with E-state index in [-0.39, 0.29) is 12.5 Å². The number of carbonyl (C=O) groups is 1. The molecule has 2 aromatic rings. The van der Waals surface area contributed by atoms with E-state index in [1.165, 1.54) is 10.9 Å². The van der Waals surface area contributed by atoms with Crippen LogP contribution in [0.1, 0.15) is 5.56 Å². The fraction of sp³-hybridized carbons (Fsp3) is 0.182. The van der Waals surface area contributed by atoms with E-state index in [4.69, 9.17) is 5.73 Å². The number of hydrogen-bond donors (Lipinski definition) is 2. The SMILES string of the molecule is Nc1cnn(CC(=O)NCc2cccnc2)c1. The largest absolute Gasteiger partial charge is 0.396 e. The summed E-state index contributed by atoms with van der Waals surface area (Å²) in [6.45, 7) is 0.626. The van der Waals surface area contributed by atoms with Crippen LogP contribution in [0.2, 0.25) is 0 Å². The summed E-state index contributed by atoms with van der Waals surface area (Å²) >= 11 is 0. The van der Waals surface area contributed by atoms with E-state index < -0.39 is 0 Å². The van der Waals surface area contributed by atoms with Gasteiger partial charge >= 0.3 is 0 Å². The van der Waals surface area contributed by atoms with Crippen molar-refractivity contribution in [2.45, 2.75) is 13.1 Å². The fourth-order valence-electron chi connectivity index (χ4n) is 1.37. The number of carbonyl (C=O) groups excluding carboxylic acids is 1.